The number of aliphatic hydroxyl groups is 1. The van der Waals surface area contributed by atoms with Gasteiger partial charge in [-0.3, -0.25) is 0 Å². The molecule has 0 aromatic heterocycles. The van der Waals surface area contributed by atoms with E-state index < -0.39 is 17.5 Å². The SMILES string of the molecule is CC(C)(C)c1c(O)ccc(O)c1C(O)C(=O)O. The Labute approximate surface area is 99.0 Å². The van der Waals surface area contributed by atoms with E-state index in [1.807, 2.05) is 0 Å². The first-order valence-electron chi connectivity index (χ1n) is 5.12. The number of carboxylic acid groups (broad SMARTS) is 1. The average molecular weight is 240 g/mol. The van der Waals surface area contributed by atoms with Crippen LogP contribution in [0.3, 0.4) is 0 Å². The fourth-order valence-electron chi connectivity index (χ4n) is 1.79. The second kappa shape index (κ2) is 4.25. The Morgan fingerprint density at radius 2 is 1.65 bits per heavy atom. The van der Waals surface area contributed by atoms with Crippen molar-refractivity contribution in [3.8, 4) is 11.5 Å². The van der Waals surface area contributed by atoms with E-state index in [0.717, 1.165) is 6.07 Å². The van der Waals surface area contributed by atoms with Crippen LogP contribution in [0, 0.1) is 0 Å². The van der Waals surface area contributed by atoms with Crippen LogP contribution < -0.4 is 0 Å². The minimum atomic E-state index is -1.86. The maximum atomic E-state index is 10.8. The van der Waals surface area contributed by atoms with E-state index >= 15 is 0 Å². The minimum Gasteiger partial charge on any atom is -0.508 e. The molecule has 0 spiro atoms. The van der Waals surface area contributed by atoms with Gasteiger partial charge in [-0.2, -0.15) is 0 Å². The molecule has 0 aliphatic heterocycles. The maximum Gasteiger partial charge on any atom is 0.337 e. The van der Waals surface area contributed by atoms with E-state index in [-0.39, 0.29) is 22.6 Å². The third kappa shape index (κ3) is 2.50. The Morgan fingerprint density at radius 1 is 1.18 bits per heavy atom. The lowest BCUT2D eigenvalue weighted by Crippen LogP contribution is -2.20. The van der Waals surface area contributed by atoms with Crippen molar-refractivity contribution >= 4 is 5.97 Å². The Balaban J connectivity index is 3.57. The summed E-state index contributed by atoms with van der Waals surface area (Å²) >= 11 is 0. The quantitative estimate of drug-likeness (QED) is 0.587. The van der Waals surface area contributed by atoms with Gasteiger partial charge in [-0.15, -0.1) is 0 Å². The zero-order valence-electron chi connectivity index (χ0n) is 9.93. The molecule has 0 fully saturated rings. The number of phenols is 2. The lowest BCUT2D eigenvalue weighted by Gasteiger charge is -2.25. The van der Waals surface area contributed by atoms with Gasteiger partial charge in [0, 0.05) is 11.1 Å². The number of aliphatic hydroxyl groups excluding tert-OH is 1. The van der Waals surface area contributed by atoms with Gasteiger partial charge in [0.05, 0.1) is 0 Å². The van der Waals surface area contributed by atoms with E-state index in [4.69, 9.17) is 5.11 Å². The monoisotopic (exact) mass is 240 g/mol. The van der Waals surface area contributed by atoms with Crippen LogP contribution in [0.2, 0.25) is 0 Å². The summed E-state index contributed by atoms with van der Waals surface area (Å²) in [6, 6.07) is 2.43. The fourth-order valence-corrected chi connectivity index (χ4v) is 1.79. The van der Waals surface area contributed by atoms with Crippen LogP contribution in [-0.2, 0) is 10.2 Å². The Bertz CT molecular complexity index is 445. The normalized spacial score (nSPS) is 13.4. The molecule has 0 saturated carbocycles. The lowest BCUT2D eigenvalue weighted by atomic mass is 9.81. The van der Waals surface area contributed by atoms with Crippen molar-refractivity contribution in [2.24, 2.45) is 0 Å². The van der Waals surface area contributed by atoms with Crippen molar-refractivity contribution in [3.05, 3.63) is 23.3 Å². The second-order valence-corrected chi connectivity index (χ2v) is 4.88. The lowest BCUT2D eigenvalue weighted by molar-refractivity contribution is -0.147. The number of carboxylic acids is 1. The molecule has 0 heterocycles. The highest BCUT2D eigenvalue weighted by atomic mass is 16.4. The summed E-state index contributed by atoms with van der Waals surface area (Å²) in [7, 11) is 0. The molecule has 1 atom stereocenters. The molecule has 0 saturated heterocycles. The van der Waals surface area contributed by atoms with Gasteiger partial charge in [-0.05, 0) is 17.5 Å². The zero-order chi connectivity index (χ0) is 13.4. The van der Waals surface area contributed by atoms with Crippen molar-refractivity contribution in [2.45, 2.75) is 32.3 Å². The number of hydrogen-bond acceptors (Lipinski definition) is 4. The number of aromatic hydroxyl groups is 2. The molecule has 0 aliphatic rings. The first kappa shape index (κ1) is 13.3. The highest BCUT2D eigenvalue weighted by Crippen LogP contribution is 2.41. The van der Waals surface area contributed by atoms with Gasteiger partial charge >= 0.3 is 5.97 Å². The summed E-state index contributed by atoms with van der Waals surface area (Å²) in [6.45, 7) is 5.25. The summed E-state index contributed by atoms with van der Waals surface area (Å²) in [5, 5.41) is 37.8. The van der Waals surface area contributed by atoms with Gasteiger partial charge in [0.2, 0.25) is 0 Å². The standard InChI is InChI=1S/C12H16O5/c1-12(2,3)9-7(14)5-4-6(13)8(9)10(15)11(16)17/h4-5,10,13-15H,1-3H3,(H,16,17). The Hall–Kier alpha value is -1.75. The third-order valence-electron chi connectivity index (χ3n) is 2.46. The molecule has 1 unspecified atom stereocenters. The second-order valence-electron chi connectivity index (χ2n) is 4.88. The van der Waals surface area contributed by atoms with Gasteiger partial charge in [0.1, 0.15) is 11.5 Å². The zero-order valence-corrected chi connectivity index (χ0v) is 9.93. The molecule has 17 heavy (non-hydrogen) atoms. The molecule has 0 bridgehead atoms. The van der Waals surface area contributed by atoms with Crippen LogP contribution in [0.4, 0.5) is 0 Å². The number of phenolic OH excluding ortho intramolecular Hbond substituents is 2. The predicted molar refractivity (Wildman–Crippen MR) is 61.1 cm³/mol. The largest absolute Gasteiger partial charge is 0.508 e. The molecule has 1 aromatic carbocycles. The summed E-state index contributed by atoms with van der Waals surface area (Å²) in [6.07, 6.45) is -1.86. The Morgan fingerprint density at radius 3 is 2.06 bits per heavy atom. The van der Waals surface area contributed by atoms with E-state index in [1.165, 1.54) is 6.07 Å². The Kier molecular flexibility index (Phi) is 3.33. The van der Waals surface area contributed by atoms with Crippen LogP contribution in [0.5, 0.6) is 11.5 Å². The molecule has 1 rings (SSSR count). The molecule has 0 radical (unpaired) electrons. The molecule has 0 amide bonds. The van der Waals surface area contributed by atoms with Crippen molar-refractivity contribution in [1.82, 2.24) is 0 Å². The molecule has 0 aliphatic carbocycles. The van der Waals surface area contributed by atoms with Crippen LogP contribution in [-0.4, -0.2) is 26.4 Å². The van der Waals surface area contributed by atoms with Crippen molar-refractivity contribution in [1.29, 1.82) is 0 Å². The molecular weight excluding hydrogens is 224 g/mol. The number of benzene rings is 1. The molecular formula is C12H16O5. The summed E-state index contributed by atoms with van der Waals surface area (Å²) in [5.41, 5.74) is -0.536. The minimum absolute atomic E-state index is 0.148. The first-order valence-corrected chi connectivity index (χ1v) is 5.12. The predicted octanol–water partition coefficient (Wildman–Crippen LogP) is 1.51. The molecule has 94 valence electrons. The van der Waals surface area contributed by atoms with Gasteiger partial charge in [0.15, 0.2) is 6.10 Å². The highest BCUT2D eigenvalue weighted by molar-refractivity contribution is 5.76. The van der Waals surface area contributed by atoms with Crippen LogP contribution in [0.25, 0.3) is 0 Å². The number of hydrogen-bond donors (Lipinski definition) is 4. The van der Waals surface area contributed by atoms with Gasteiger partial charge < -0.3 is 20.4 Å². The van der Waals surface area contributed by atoms with E-state index in [0.29, 0.717) is 0 Å². The van der Waals surface area contributed by atoms with E-state index in [2.05, 4.69) is 0 Å². The number of rotatable bonds is 2. The molecule has 4 N–H and O–H groups in total. The molecule has 5 nitrogen and oxygen atoms in total. The van der Waals surface area contributed by atoms with Crippen LogP contribution in [0.1, 0.15) is 38.0 Å². The third-order valence-corrected chi connectivity index (χ3v) is 2.46. The molecule has 5 heteroatoms. The van der Waals surface area contributed by atoms with Gasteiger partial charge in [-0.25, -0.2) is 4.79 Å². The maximum absolute atomic E-state index is 10.8. The van der Waals surface area contributed by atoms with Crippen LogP contribution >= 0.6 is 0 Å². The molecule has 1 aromatic rings. The average Bonchev–Trinajstić information content (AvgIpc) is 2.18. The summed E-state index contributed by atoms with van der Waals surface area (Å²) in [4.78, 5) is 10.8. The number of carbonyl (C=O) groups is 1. The topological polar surface area (TPSA) is 98.0 Å². The van der Waals surface area contributed by atoms with Gasteiger partial charge in [-0.1, -0.05) is 20.8 Å². The smallest absolute Gasteiger partial charge is 0.337 e. The fraction of sp³-hybridized carbons (Fsp3) is 0.417. The van der Waals surface area contributed by atoms with Gasteiger partial charge in [0.25, 0.3) is 0 Å². The first-order chi connectivity index (χ1) is 7.66. The highest BCUT2D eigenvalue weighted by Gasteiger charge is 2.31. The van der Waals surface area contributed by atoms with Crippen molar-refractivity contribution in [2.75, 3.05) is 0 Å². The van der Waals surface area contributed by atoms with Crippen LogP contribution in [0.15, 0.2) is 12.1 Å². The van der Waals surface area contributed by atoms with Crippen molar-refractivity contribution in [3.63, 3.8) is 0 Å². The van der Waals surface area contributed by atoms with E-state index in [1.54, 1.807) is 20.8 Å². The van der Waals surface area contributed by atoms with Crippen molar-refractivity contribution < 1.29 is 25.2 Å². The van der Waals surface area contributed by atoms with E-state index in [9.17, 15) is 20.1 Å². The summed E-state index contributed by atoms with van der Waals surface area (Å²) < 4.78 is 0. The summed E-state index contributed by atoms with van der Waals surface area (Å²) in [5.74, 6) is -1.97. The number of aliphatic carboxylic acids is 1.